The molecule has 0 spiro atoms. The van der Waals surface area contributed by atoms with Gasteiger partial charge in [-0.05, 0) is 61.9 Å². The van der Waals surface area contributed by atoms with Gasteiger partial charge in [-0.3, -0.25) is 24.0 Å². The van der Waals surface area contributed by atoms with E-state index in [1.807, 2.05) is 30.3 Å². The van der Waals surface area contributed by atoms with Gasteiger partial charge in [-0.2, -0.15) is 0 Å². The predicted octanol–water partition coefficient (Wildman–Crippen LogP) is 2.76. The summed E-state index contributed by atoms with van der Waals surface area (Å²) in [5, 5.41) is 23.5. The lowest BCUT2D eigenvalue weighted by atomic mass is 9.85. The van der Waals surface area contributed by atoms with Crippen LogP contribution in [0.5, 0.6) is 0 Å². The Kier molecular flexibility index (Phi) is 8.99. The van der Waals surface area contributed by atoms with Gasteiger partial charge in [0, 0.05) is 18.5 Å². The SMILES string of the molecule is CC(C)(O)c1cnnn1[C@H]1C[C@@H](C(=O)NC2(C(=O)C(N)=O)CC2)N(C(=O)C(CC2CCCCC2)=NC(=O)c2ccc3ccccc3c2)C1. The fraction of sp³-hybridized carbons (Fsp3) is 0.486. The van der Waals surface area contributed by atoms with Crippen LogP contribution in [-0.2, 0) is 24.8 Å². The number of nitrogens with two attached hydrogens (primary N) is 1. The summed E-state index contributed by atoms with van der Waals surface area (Å²) in [5.74, 6) is -3.62. The molecule has 48 heavy (non-hydrogen) atoms. The largest absolute Gasteiger partial charge is 0.384 e. The molecule has 3 aromatic rings. The predicted molar refractivity (Wildman–Crippen MR) is 176 cm³/mol. The topological polar surface area (TPSA) is 190 Å². The Hall–Kier alpha value is -4.78. The number of hydrogen-bond acceptors (Lipinski definition) is 8. The fourth-order valence-electron chi connectivity index (χ4n) is 7.03. The molecule has 1 aliphatic heterocycles. The minimum Gasteiger partial charge on any atom is -0.384 e. The Morgan fingerprint density at radius 2 is 1.75 bits per heavy atom. The highest BCUT2D eigenvalue weighted by Gasteiger charge is 2.55. The van der Waals surface area contributed by atoms with Gasteiger partial charge in [0.1, 0.15) is 22.9 Å². The Morgan fingerprint density at radius 3 is 2.42 bits per heavy atom. The number of ketones is 1. The number of aliphatic hydroxyl groups is 1. The summed E-state index contributed by atoms with van der Waals surface area (Å²) in [6.45, 7) is 3.18. The summed E-state index contributed by atoms with van der Waals surface area (Å²) in [6.07, 6.45) is 7.24. The Morgan fingerprint density at radius 1 is 1.04 bits per heavy atom. The molecule has 1 aromatic heterocycles. The van der Waals surface area contributed by atoms with Gasteiger partial charge in [-0.25, -0.2) is 9.67 Å². The van der Waals surface area contributed by atoms with Crippen LogP contribution < -0.4 is 11.1 Å². The van der Waals surface area contributed by atoms with Crippen LogP contribution in [0.2, 0.25) is 0 Å². The lowest BCUT2D eigenvalue weighted by Gasteiger charge is -2.28. The molecule has 2 heterocycles. The number of aromatic nitrogens is 3. The van der Waals surface area contributed by atoms with Crippen molar-refractivity contribution in [3.63, 3.8) is 0 Å². The van der Waals surface area contributed by atoms with Crippen molar-refractivity contribution in [3.05, 3.63) is 59.9 Å². The fourth-order valence-corrected chi connectivity index (χ4v) is 7.03. The molecule has 1 saturated heterocycles. The first-order chi connectivity index (χ1) is 22.9. The molecule has 4 amide bonds. The zero-order valence-corrected chi connectivity index (χ0v) is 27.2. The number of benzene rings is 2. The molecule has 0 radical (unpaired) electrons. The van der Waals surface area contributed by atoms with E-state index in [0.717, 1.165) is 42.9 Å². The third kappa shape index (κ3) is 6.77. The second-order valence-corrected chi connectivity index (χ2v) is 13.9. The monoisotopic (exact) mass is 655 g/mol. The van der Waals surface area contributed by atoms with Gasteiger partial charge in [0.15, 0.2) is 0 Å². The lowest BCUT2D eigenvalue weighted by molar-refractivity contribution is -0.140. The number of primary amides is 1. The number of hydrogen-bond donors (Lipinski definition) is 3. The third-order valence-corrected chi connectivity index (χ3v) is 9.85. The number of aliphatic imine (C=N–C) groups is 1. The molecule has 3 aliphatic rings. The second kappa shape index (κ2) is 13.0. The van der Waals surface area contributed by atoms with Crippen LogP contribution in [0.4, 0.5) is 0 Å². The van der Waals surface area contributed by atoms with Crippen molar-refractivity contribution in [1.82, 2.24) is 25.2 Å². The van der Waals surface area contributed by atoms with Crippen LogP contribution in [-0.4, -0.2) is 78.2 Å². The number of likely N-dealkylation sites (tertiary alicyclic amines) is 1. The number of fused-ring (bicyclic) bond motifs is 1. The molecule has 13 heteroatoms. The standard InChI is InChI=1S/C35H41N7O6/c1-34(2,48)28-19-37-40-42(28)25-18-27(32(46)39-35(14-15-35)29(43)30(36)44)41(20-25)33(47)26(16-21-8-4-3-5-9-21)38-31(45)24-13-12-22-10-6-7-11-23(22)17-24/h6-7,10-13,17,19,21,25,27,48H,3-5,8-9,14-16,18,20H2,1-2H3,(H2,36,44)(H,39,46)/t25-,27-/m0/s1. The van der Waals surface area contributed by atoms with E-state index in [0.29, 0.717) is 11.3 Å². The average Bonchev–Trinajstić information content (AvgIpc) is 3.44. The molecule has 2 saturated carbocycles. The van der Waals surface area contributed by atoms with Crippen molar-refractivity contribution in [2.75, 3.05) is 6.54 Å². The van der Waals surface area contributed by atoms with Crippen molar-refractivity contribution < 1.29 is 29.1 Å². The van der Waals surface area contributed by atoms with Gasteiger partial charge < -0.3 is 21.1 Å². The molecule has 2 atom stereocenters. The molecular weight excluding hydrogens is 614 g/mol. The first kappa shape index (κ1) is 33.1. The summed E-state index contributed by atoms with van der Waals surface area (Å²) in [5.41, 5.74) is 3.36. The maximum absolute atomic E-state index is 14.6. The number of nitrogens with one attached hydrogen (secondary N) is 1. The molecule has 6 rings (SSSR count). The first-order valence-corrected chi connectivity index (χ1v) is 16.6. The zero-order valence-electron chi connectivity index (χ0n) is 27.2. The number of rotatable bonds is 10. The van der Waals surface area contributed by atoms with E-state index in [4.69, 9.17) is 5.73 Å². The van der Waals surface area contributed by atoms with Gasteiger partial charge >= 0.3 is 0 Å². The van der Waals surface area contributed by atoms with Crippen molar-refractivity contribution in [1.29, 1.82) is 0 Å². The smallest absolute Gasteiger partial charge is 0.287 e. The Bertz CT molecular complexity index is 1800. The molecule has 13 nitrogen and oxygen atoms in total. The zero-order chi connectivity index (χ0) is 34.2. The molecular formula is C35H41N7O6. The van der Waals surface area contributed by atoms with Gasteiger partial charge in [0.2, 0.25) is 11.7 Å². The maximum atomic E-state index is 14.6. The number of carbonyl (C=O) groups is 5. The van der Waals surface area contributed by atoms with Crippen molar-refractivity contribution in [3.8, 4) is 0 Å². The van der Waals surface area contributed by atoms with Gasteiger partial charge in [0.05, 0.1) is 17.9 Å². The molecule has 2 aliphatic carbocycles. The van der Waals surface area contributed by atoms with Gasteiger partial charge in [0.25, 0.3) is 17.7 Å². The van der Waals surface area contributed by atoms with E-state index in [-0.39, 0.29) is 43.9 Å². The van der Waals surface area contributed by atoms with Gasteiger partial charge in [-0.1, -0.05) is 67.6 Å². The number of carbonyl (C=O) groups excluding carboxylic acids is 5. The summed E-state index contributed by atoms with van der Waals surface area (Å²) in [4.78, 5) is 72.2. The number of Topliss-reactive ketones (excluding diaryl/α,β-unsaturated/α-hetero) is 1. The van der Waals surface area contributed by atoms with E-state index < -0.39 is 52.6 Å². The molecule has 0 unspecified atom stereocenters. The van der Waals surface area contributed by atoms with E-state index in [2.05, 4.69) is 20.6 Å². The lowest BCUT2D eigenvalue weighted by Crippen LogP contribution is -2.55. The molecule has 4 N–H and O–H groups in total. The minimum absolute atomic E-state index is 0.00791. The molecule has 3 fully saturated rings. The minimum atomic E-state index is -1.40. The highest BCUT2D eigenvalue weighted by Crippen LogP contribution is 2.38. The maximum Gasteiger partial charge on any atom is 0.287 e. The van der Waals surface area contributed by atoms with E-state index in [9.17, 15) is 29.1 Å². The van der Waals surface area contributed by atoms with E-state index in [1.54, 1.807) is 26.0 Å². The van der Waals surface area contributed by atoms with Crippen molar-refractivity contribution in [2.24, 2.45) is 16.6 Å². The summed E-state index contributed by atoms with van der Waals surface area (Å²) >= 11 is 0. The highest BCUT2D eigenvalue weighted by molar-refractivity contribution is 6.41. The highest BCUT2D eigenvalue weighted by atomic mass is 16.3. The molecule has 2 aromatic carbocycles. The molecule has 0 bridgehead atoms. The van der Waals surface area contributed by atoms with Gasteiger partial charge in [-0.15, -0.1) is 5.10 Å². The van der Waals surface area contributed by atoms with E-state index >= 15 is 0 Å². The van der Waals surface area contributed by atoms with Crippen molar-refractivity contribution in [2.45, 2.75) is 94.9 Å². The van der Waals surface area contributed by atoms with E-state index in [1.165, 1.54) is 15.8 Å². The Balaban J connectivity index is 1.35. The normalized spacial score (nSPS) is 21.2. The second-order valence-electron chi connectivity index (χ2n) is 13.9. The summed E-state index contributed by atoms with van der Waals surface area (Å²) < 4.78 is 1.51. The van der Waals surface area contributed by atoms with Crippen LogP contribution >= 0.6 is 0 Å². The van der Waals surface area contributed by atoms with Crippen LogP contribution in [0, 0.1) is 5.92 Å². The van der Waals surface area contributed by atoms with Crippen molar-refractivity contribution >= 4 is 45.9 Å². The quantitative estimate of drug-likeness (QED) is 0.219. The summed E-state index contributed by atoms with van der Waals surface area (Å²) in [6, 6.07) is 11.3. The van der Waals surface area contributed by atoms with Crippen LogP contribution in [0.25, 0.3) is 10.8 Å². The van der Waals surface area contributed by atoms with Crippen LogP contribution in [0.3, 0.4) is 0 Å². The number of nitrogens with zero attached hydrogens (tertiary/aromatic N) is 5. The van der Waals surface area contributed by atoms with Crippen LogP contribution in [0.1, 0.15) is 93.7 Å². The summed E-state index contributed by atoms with van der Waals surface area (Å²) in [7, 11) is 0. The average molecular weight is 656 g/mol. The third-order valence-electron chi connectivity index (χ3n) is 9.85. The number of amides is 4. The molecule has 252 valence electrons. The Labute approximate surface area is 277 Å². The first-order valence-electron chi connectivity index (χ1n) is 16.6. The van der Waals surface area contributed by atoms with Crippen LogP contribution in [0.15, 0.2) is 53.7 Å².